The van der Waals surface area contributed by atoms with Crippen LogP contribution in [-0.4, -0.2) is 48.6 Å². The fourth-order valence-electron chi connectivity index (χ4n) is 1.92. The molecule has 7 nitrogen and oxygen atoms in total. The van der Waals surface area contributed by atoms with Crippen molar-refractivity contribution in [3.8, 4) is 0 Å². The summed E-state index contributed by atoms with van der Waals surface area (Å²) in [5.41, 5.74) is 5.35. The van der Waals surface area contributed by atoms with Gasteiger partial charge in [0.2, 0.25) is 11.8 Å². The summed E-state index contributed by atoms with van der Waals surface area (Å²) in [7, 11) is 0. The minimum Gasteiger partial charge on any atom is -0.449 e. The number of alkyl carbamates (subject to hydrolysis) is 1. The quantitative estimate of drug-likeness (QED) is 0.516. The molecule has 140 valence electrons. The minimum absolute atomic E-state index is 0.205. The van der Waals surface area contributed by atoms with Crippen molar-refractivity contribution < 1.29 is 19.1 Å². The van der Waals surface area contributed by atoms with Gasteiger partial charge >= 0.3 is 6.09 Å². The highest BCUT2D eigenvalue weighted by atomic mass is 32.2. The zero-order valence-electron chi connectivity index (χ0n) is 15.3. The fraction of sp³-hybridized carbons (Fsp3) is 0.812. The summed E-state index contributed by atoms with van der Waals surface area (Å²) in [5.74, 6) is 0.0995. The Hall–Kier alpha value is -1.44. The molecule has 0 saturated heterocycles. The van der Waals surface area contributed by atoms with Gasteiger partial charge in [0.25, 0.3) is 0 Å². The lowest BCUT2D eigenvalue weighted by molar-refractivity contribution is -0.128. The molecule has 0 aliphatic heterocycles. The number of nitrogens with one attached hydrogen (secondary N) is 2. The van der Waals surface area contributed by atoms with E-state index in [1.165, 1.54) is 0 Å². The van der Waals surface area contributed by atoms with Gasteiger partial charge in [-0.25, -0.2) is 4.79 Å². The van der Waals surface area contributed by atoms with Crippen LogP contribution in [0.3, 0.4) is 0 Å². The maximum absolute atomic E-state index is 12.4. The molecule has 0 aliphatic carbocycles. The number of carbonyl (C=O) groups excluding carboxylic acids is 3. The third-order valence-electron chi connectivity index (χ3n) is 3.13. The molecule has 0 fully saturated rings. The predicted molar refractivity (Wildman–Crippen MR) is 96.7 cm³/mol. The molecule has 2 atom stereocenters. The molecule has 0 aromatic rings. The van der Waals surface area contributed by atoms with E-state index < -0.39 is 30.0 Å². The average Bonchev–Trinajstić information content (AvgIpc) is 2.47. The van der Waals surface area contributed by atoms with Crippen LogP contribution in [0.5, 0.6) is 0 Å². The van der Waals surface area contributed by atoms with Crippen LogP contribution in [0.15, 0.2) is 0 Å². The normalized spacial score (nSPS) is 13.5. The molecular weight excluding hydrogens is 330 g/mol. The first-order valence-corrected chi connectivity index (χ1v) is 9.58. The van der Waals surface area contributed by atoms with E-state index in [9.17, 15) is 14.4 Å². The highest BCUT2D eigenvalue weighted by molar-refractivity contribution is 7.98. The molecule has 0 rings (SSSR count). The lowest BCUT2D eigenvalue weighted by atomic mass is 10.0. The first-order chi connectivity index (χ1) is 11.2. The Kier molecular flexibility index (Phi) is 11.3. The standard InChI is InChI=1S/C16H31N3O4S/c1-10(2)8-13(14(17)20)18-15(21)12(6-7-24-5)19-16(22)23-9-11(3)4/h10-13H,6-9H2,1-5H3,(H2,17,20)(H,18,21)(H,19,22). The van der Waals surface area contributed by atoms with E-state index in [0.717, 1.165) is 0 Å². The first kappa shape index (κ1) is 22.6. The van der Waals surface area contributed by atoms with Crippen LogP contribution < -0.4 is 16.4 Å². The van der Waals surface area contributed by atoms with Crippen LogP contribution in [0.2, 0.25) is 0 Å². The van der Waals surface area contributed by atoms with Crippen molar-refractivity contribution >= 4 is 29.7 Å². The van der Waals surface area contributed by atoms with E-state index in [2.05, 4.69) is 10.6 Å². The predicted octanol–water partition coefficient (Wildman–Crippen LogP) is 1.51. The summed E-state index contributed by atoms with van der Waals surface area (Å²) < 4.78 is 5.05. The van der Waals surface area contributed by atoms with E-state index in [0.29, 0.717) is 18.6 Å². The molecule has 24 heavy (non-hydrogen) atoms. The van der Waals surface area contributed by atoms with E-state index in [4.69, 9.17) is 10.5 Å². The number of carbonyl (C=O) groups is 3. The molecule has 0 aromatic heterocycles. The van der Waals surface area contributed by atoms with Gasteiger partial charge < -0.3 is 21.1 Å². The van der Waals surface area contributed by atoms with E-state index >= 15 is 0 Å². The Labute approximate surface area is 148 Å². The van der Waals surface area contributed by atoms with Gasteiger partial charge in [-0.1, -0.05) is 27.7 Å². The summed E-state index contributed by atoms with van der Waals surface area (Å²) in [6.45, 7) is 8.01. The van der Waals surface area contributed by atoms with Gasteiger partial charge in [-0.15, -0.1) is 0 Å². The van der Waals surface area contributed by atoms with Crippen molar-refractivity contribution in [3.05, 3.63) is 0 Å². The first-order valence-electron chi connectivity index (χ1n) is 8.19. The SMILES string of the molecule is CSCCC(NC(=O)OCC(C)C)C(=O)NC(CC(C)C)C(N)=O. The Balaban J connectivity index is 4.78. The lowest BCUT2D eigenvalue weighted by Gasteiger charge is -2.22. The number of amides is 3. The van der Waals surface area contributed by atoms with Crippen LogP contribution >= 0.6 is 11.8 Å². The number of nitrogens with two attached hydrogens (primary N) is 1. The Morgan fingerprint density at radius 3 is 2.12 bits per heavy atom. The van der Waals surface area contributed by atoms with Gasteiger partial charge in [0.1, 0.15) is 12.1 Å². The highest BCUT2D eigenvalue weighted by Crippen LogP contribution is 2.07. The molecule has 0 radical (unpaired) electrons. The molecule has 0 spiro atoms. The summed E-state index contributed by atoms with van der Waals surface area (Å²) in [5, 5.41) is 5.20. The lowest BCUT2D eigenvalue weighted by Crippen LogP contribution is -2.53. The van der Waals surface area contributed by atoms with Crippen LogP contribution in [-0.2, 0) is 14.3 Å². The molecule has 0 aliphatic rings. The fourth-order valence-corrected chi connectivity index (χ4v) is 2.39. The maximum Gasteiger partial charge on any atom is 0.407 e. The van der Waals surface area contributed by atoms with E-state index in [1.807, 2.05) is 34.0 Å². The number of ether oxygens (including phenoxy) is 1. The zero-order valence-corrected chi connectivity index (χ0v) is 16.1. The highest BCUT2D eigenvalue weighted by Gasteiger charge is 2.26. The van der Waals surface area contributed by atoms with Gasteiger partial charge in [0.05, 0.1) is 6.61 Å². The van der Waals surface area contributed by atoms with E-state index in [-0.39, 0.29) is 18.4 Å². The molecule has 0 bridgehead atoms. The monoisotopic (exact) mass is 361 g/mol. The van der Waals surface area contributed by atoms with E-state index in [1.54, 1.807) is 11.8 Å². The topological polar surface area (TPSA) is 111 Å². The number of hydrogen-bond acceptors (Lipinski definition) is 5. The van der Waals surface area contributed by atoms with Gasteiger partial charge in [-0.3, -0.25) is 9.59 Å². The van der Waals surface area contributed by atoms with Gasteiger partial charge in [0.15, 0.2) is 0 Å². The van der Waals surface area contributed by atoms with Crippen molar-refractivity contribution in [2.24, 2.45) is 17.6 Å². The maximum atomic E-state index is 12.4. The molecule has 4 N–H and O–H groups in total. The van der Waals surface area contributed by atoms with Crippen molar-refractivity contribution in [2.45, 2.75) is 52.6 Å². The summed E-state index contributed by atoms with van der Waals surface area (Å²) in [6, 6.07) is -1.51. The molecule has 0 heterocycles. The van der Waals surface area contributed by atoms with Crippen LogP contribution in [0.25, 0.3) is 0 Å². The number of thioether (sulfide) groups is 1. The zero-order chi connectivity index (χ0) is 18.7. The second-order valence-corrected chi connectivity index (χ2v) is 7.55. The third-order valence-corrected chi connectivity index (χ3v) is 3.78. The third kappa shape index (κ3) is 10.4. The number of rotatable bonds is 11. The average molecular weight is 362 g/mol. The Bertz CT molecular complexity index is 416. The molecule has 8 heteroatoms. The van der Waals surface area contributed by atoms with Crippen LogP contribution in [0.4, 0.5) is 4.79 Å². The number of primary amides is 1. The molecule has 3 amide bonds. The van der Waals surface area contributed by atoms with Crippen LogP contribution in [0, 0.1) is 11.8 Å². The molecule has 0 saturated carbocycles. The van der Waals surface area contributed by atoms with Crippen molar-refractivity contribution in [1.82, 2.24) is 10.6 Å². The van der Waals surface area contributed by atoms with Crippen LogP contribution in [0.1, 0.15) is 40.5 Å². The second-order valence-electron chi connectivity index (χ2n) is 6.56. The van der Waals surface area contributed by atoms with Gasteiger partial charge in [-0.2, -0.15) is 11.8 Å². The largest absolute Gasteiger partial charge is 0.449 e. The minimum atomic E-state index is -0.758. The molecule has 0 aromatic carbocycles. The molecular formula is C16H31N3O4S. The van der Waals surface area contributed by atoms with Gasteiger partial charge in [-0.05, 0) is 36.7 Å². The van der Waals surface area contributed by atoms with Crippen molar-refractivity contribution in [2.75, 3.05) is 18.6 Å². The molecule has 2 unspecified atom stereocenters. The summed E-state index contributed by atoms with van der Waals surface area (Å²) >= 11 is 1.56. The summed E-state index contributed by atoms with van der Waals surface area (Å²) in [6.07, 6.45) is 2.17. The second kappa shape index (κ2) is 12.0. The Morgan fingerprint density at radius 1 is 1.04 bits per heavy atom. The van der Waals surface area contributed by atoms with Gasteiger partial charge in [0, 0.05) is 0 Å². The smallest absolute Gasteiger partial charge is 0.407 e. The van der Waals surface area contributed by atoms with Crippen molar-refractivity contribution in [1.29, 1.82) is 0 Å². The van der Waals surface area contributed by atoms with Crippen molar-refractivity contribution in [3.63, 3.8) is 0 Å². The number of hydrogen-bond donors (Lipinski definition) is 3. The summed E-state index contributed by atoms with van der Waals surface area (Å²) in [4.78, 5) is 35.7. The Morgan fingerprint density at radius 2 is 1.67 bits per heavy atom.